The van der Waals surface area contributed by atoms with Crippen molar-refractivity contribution in [3.05, 3.63) is 0 Å². The standard InChI is InChI=1S/C11H16O5/c1-5-3-4-6(12)7-11(5)8(13)10(2,15-7)16-9(11)14/h5-8,12-13H,3-4H2,1-2H3/t5-,6+,7-,8+,10+,11+/m1/s1. The van der Waals surface area contributed by atoms with Crippen LogP contribution in [0.1, 0.15) is 26.7 Å². The second-order valence-corrected chi connectivity index (χ2v) is 5.33. The summed E-state index contributed by atoms with van der Waals surface area (Å²) in [6.45, 7) is 3.46. The van der Waals surface area contributed by atoms with Gasteiger partial charge in [0, 0.05) is 6.92 Å². The molecule has 0 amide bonds. The highest BCUT2D eigenvalue weighted by Gasteiger charge is 2.77. The average molecular weight is 228 g/mol. The van der Waals surface area contributed by atoms with Crippen LogP contribution in [0.5, 0.6) is 0 Å². The molecular weight excluding hydrogens is 212 g/mol. The van der Waals surface area contributed by atoms with Crippen LogP contribution in [0.2, 0.25) is 0 Å². The highest BCUT2D eigenvalue weighted by molar-refractivity contribution is 5.83. The van der Waals surface area contributed by atoms with E-state index < -0.39 is 35.5 Å². The van der Waals surface area contributed by atoms with Crippen molar-refractivity contribution in [1.29, 1.82) is 0 Å². The van der Waals surface area contributed by atoms with Gasteiger partial charge in [0.15, 0.2) is 0 Å². The SMILES string of the molecule is C[C@@H]1CC[C@H](O)[C@H]2O[C@@]3(C)OC(=O)[C@@]12[C@H]3O. The van der Waals surface area contributed by atoms with Crippen molar-refractivity contribution in [2.75, 3.05) is 0 Å². The van der Waals surface area contributed by atoms with Gasteiger partial charge in [-0.1, -0.05) is 6.92 Å². The Kier molecular flexibility index (Phi) is 1.82. The second kappa shape index (κ2) is 2.78. The summed E-state index contributed by atoms with van der Waals surface area (Å²) in [5, 5.41) is 20.2. The molecule has 2 N–H and O–H groups in total. The molecule has 1 saturated carbocycles. The summed E-state index contributed by atoms with van der Waals surface area (Å²) in [6.07, 6.45) is -1.01. The Balaban J connectivity index is 2.14. The fourth-order valence-electron chi connectivity index (χ4n) is 3.54. The lowest BCUT2D eigenvalue weighted by atomic mass is 9.62. The fourth-order valence-corrected chi connectivity index (χ4v) is 3.54. The van der Waals surface area contributed by atoms with Crippen LogP contribution >= 0.6 is 0 Å². The number of aliphatic hydroxyl groups excluding tert-OH is 2. The van der Waals surface area contributed by atoms with Crippen molar-refractivity contribution in [3.63, 3.8) is 0 Å². The van der Waals surface area contributed by atoms with Gasteiger partial charge in [-0.3, -0.25) is 4.79 Å². The van der Waals surface area contributed by atoms with Gasteiger partial charge in [-0.15, -0.1) is 0 Å². The highest BCUT2D eigenvalue weighted by atomic mass is 16.8. The number of hydrogen-bond acceptors (Lipinski definition) is 5. The topological polar surface area (TPSA) is 76.0 Å². The van der Waals surface area contributed by atoms with E-state index in [9.17, 15) is 15.0 Å². The van der Waals surface area contributed by atoms with Gasteiger partial charge in [-0.2, -0.15) is 0 Å². The number of aliphatic hydroxyl groups is 2. The van der Waals surface area contributed by atoms with Crippen LogP contribution in [0.4, 0.5) is 0 Å². The summed E-state index contributed by atoms with van der Waals surface area (Å²) in [5.41, 5.74) is -1.06. The summed E-state index contributed by atoms with van der Waals surface area (Å²) in [6, 6.07) is 0. The monoisotopic (exact) mass is 228 g/mol. The predicted octanol–water partition coefficient (Wildman–Crippen LogP) is -0.204. The average Bonchev–Trinajstić information content (AvgIpc) is 2.55. The number of hydrogen-bond donors (Lipinski definition) is 2. The third-order valence-electron chi connectivity index (χ3n) is 4.49. The molecule has 3 fully saturated rings. The maximum Gasteiger partial charge on any atom is 0.320 e. The van der Waals surface area contributed by atoms with Gasteiger partial charge in [0.25, 0.3) is 0 Å². The van der Waals surface area contributed by atoms with E-state index in [0.717, 1.165) is 0 Å². The van der Waals surface area contributed by atoms with Gasteiger partial charge in [0.2, 0.25) is 5.79 Å². The Morgan fingerprint density at radius 2 is 2.06 bits per heavy atom. The minimum absolute atomic E-state index is 0.0345. The maximum atomic E-state index is 12.0. The Bertz CT molecular complexity index is 356. The molecule has 3 aliphatic rings. The van der Waals surface area contributed by atoms with Crippen molar-refractivity contribution in [2.45, 2.75) is 50.8 Å². The first-order chi connectivity index (χ1) is 7.43. The van der Waals surface area contributed by atoms with Gasteiger partial charge in [0.1, 0.15) is 17.6 Å². The van der Waals surface area contributed by atoms with E-state index in [0.29, 0.717) is 12.8 Å². The maximum absolute atomic E-state index is 12.0. The van der Waals surface area contributed by atoms with Crippen LogP contribution in [0, 0.1) is 11.3 Å². The van der Waals surface area contributed by atoms with Crippen LogP contribution < -0.4 is 0 Å². The first-order valence-corrected chi connectivity index (χ1v) is 5.70. The summed E-state index contributed by atoms with van der Waals surface area (Å²) in [5.74, 6) is -1.74. The van der Waals surface area contributed by atoms with Crippen LogP contribution in [0.3, 0.4) is 0 Å². The molecule has 0 aromatic heterocycles. The Hall–Kier alpha value is -0.650. The summed E-state index contributed by atoms with van der Waals surface area (Å²) >= 11 is 0. The third-order valence-corrected chi connectivity index (χ3v) is 4.49. The lowest BCUT2D eigenvalue weighted by Gasteiger charge is -2.43. The molecule has 90 valence electrons. The second-order valence-electron chi connectivity index (χ2n) is 5.33. The van der Waals surface area contributed by atoms with Crippen molar-refractivity contribution < 1.29 is 24.5 Å². The van der Waals surface area contributed by atoms with E-state index >= 15 is 0 Å². The van der Waals surface area contributed by atoms with Gasteiger partial charge in [-0.25, -0.2) is 0 Å². The number of carbonyl (C=O) groups excluding carboxylic acids is 1. The largest absolute Gasteiger partial charge is 0.430 e. The summed E-state index contributed by atoms with van der Waals surface area (Å²) < 4.78 is 10.7. The molecule has 0 aromatic rings. The summed E-state index contributed by atoms with van der Waals surface area (Å²) in [7, 11) is 0. The predicted molar refractivity (Wildman–Crippen MR) is 52.2 cm³/mol. The normalized spacial score (nSPS) is 59.6. The lowest BCUT2D eigenvalue weighted by Crippen LogP contribution is -2.56. The number of fused-ring (bicyclic) bond motifs is 1. The van der Waals surface area contributed by atoms with Crippen molar-refractivity contribution in [3.8, 4) is 0 Å². The molecule has 1 aliphatic carbocycles. The lowest BCUT2D eigenvalue weighted by molar-refractivity contribution is -0.261. The molecular formula is C11H16O5. The molecule has 5 heteroatoms. The molecule has 2 bridgehead atoms. The number of esters is 1. The van der Waals surface area contributed by atoms with E-state index in [4.69, 9.17) is 9.47 Å². The molecule has 3 rings (SSSR count). The molecule has 16 heavy (non-hydrogen) atoms. The Labute approximate surface area is 93.3 Å². The zero-order chi connectivity index (χ0) is 11.7. The molecule has 0 unspecified atom stereocenters. The van der Waals surface area contributed by atoms with Gasteiger partial charge in [0.05, 0.1) is 6.10 Å². The fraction of sp³-hybridized carbons (Fsp3) is 0.909. The minimum atomic E-state index is -1.28. The molecule has 0 radical (unpaired) electrons. The quantitative estimate of drug-likeness (QED) is 0.561. The zero-order valence-corrected chi connectivity index (χ0v) is 9.34. The highest BCUT2D eigenvalue weighted by Crippen LogP contribution is 2.60. The first kappa shape index (κ1) is 10.5. The molecule has 2 saturated heterocycles. The number of ether oxygens (including phenoxy) is 2. The van der Waals surface area contributed by atoms with E-state index in [1.54, 1.807) is 6.92 Å². The van der Waals surface area contributed by atoms with E-state index in [1.807, 2.05) is 6.92 Å². The number of carbonyl (C=O) groups is 1. The van der Waals surface area contributed by atoms with E-state index in [2.05, 4.69) is 0 Å². The van der Waals surface area contributed by atoms with Crippen LogP contribution in [0.25, 0.3) is 0 Å². The van der Waals surface area contributed by atoms with Crippen LogP contribution in [0.15, 0.2) is 0 Å². The molecule has 2 heterocycles. The van der Waals surface area contributed by atoms with E-state index in [1.165, 1.54) is 0 Å². The van der Waals surface area contributed by atoms with Crippen molar-refractivity contribution >= 4 is 5.97 Å². The molecule has 6 atom stereocenters. The smallest absolute Gasteiger partial charge is 0.320 e. The van der Waals surface area contributed by atoms with Crippen molar-refractivity contribution in [2.24, 2.45) is 11.3 Å². The Morgan fingerprint density at radius 3 is 2.62 bits per heavy atom. The number of rotatable bonds is 0. The van der Waals surface area contributed by atoms with Crippen molar-refractivity contribution in [1.82, 2.24) is 0 Å². The van der Waals surface area contributed by atoms with Gasteiger partial charge >= 0.3 is 5.97 Å². The van der Waals surface area contributed by atoms with Crippen LogP contribution in [-0.2, 0) is 14.3 Å². The van der Waals surface area contributed by atoms with Gasteiger partial charge in [-0.05, 0) is 18.8 Å². The first-order valence-electron chi connectivity index (χ1n) is 5.70. The zero-order valence-electron chi connectivity index (χ0n) is 9.34. The summed E-state index contributed by atoms with van der Waals surface area (Å²) in [4.78, 5) is 12.0. The van der Waals surface area contributed by atoms with E-state index in [-0.39, 0.29) is 5.92 Å². The van der Waals surface area contributed by atoms with Gasteiger partial charge < -0.3 is 19.7 Å². The minimum Gasteiger partial charge on any atom is -0.430 e. The molecule has 5 nitrogen and oxygen atoms in total. The molecule has 2 aliphatic heterocycles. The third kappa shape index (κ3) is 0.871. The Morgan fingerprint density at radius 1 is 1.38 bits per heavy atom. The van der Waals surface area contributed by atoms with Crippen LogP contribution in [-0.4, -0.2) is 40.3 Å². The molecule has 1 spiro atoms. The molecule has 0 aromatic carbocycles.